The molecule has 0 aliphatic rings. The molecule has 2 aromatic carbocycles. The second-order valence-electron chi connectivity index (χ2n) is 4.39. The van der Waals surface area contributed by atoms with E-state index in [9.17, 15) is 4.79 Å². The van der Waals surface area contributed by atoms with Crippen molar-refractivity contribution in [3.05, 3.63) is 54.1 Å². The lowest BCUT2D eigenvalue weighted by molar-refractivity contribution is -0.138. The van der Waals surface area contributed by atoms with Crippen molar-refractivity contribution >= 4 is 5.97 Å². The van der Waals surface area contributed by atoms with E-state index in [0.717, 1.165) is 0 Å². The number of para-hydroxylation sites is 1. The van der Waals surface area contributed by atoms with E-state index >= 15 is 0 Å². The standard InChI is InChI=1S/C16H16O4/c1-11(16(17)18)12-8-9-14(15(10-12)19-2)20-13-6-4-3-5-7-13/h3-11H,1-2H3,(H,17,18). The van der Waals surface area contributed by atoms with E-state index < -0.39 is 11.9 Å². The molecule has 0 radical (unpaired) electrons. The Morgan fingerprint density at radius 2 is 1.80 bits per heavy atom. The quantitative estimate of drug-likeness (QED) is 0.902. The highest BCUT2D eigenvalue weighted by atomic mass is 16.5. The summed E-state index contributed by atoms with van der Waals surface area (Å²) in [7, 11) is 1.53. The van der Waals surface area contributed by atoms with Gasteiger partial charge < -0.3 is 14.6 Å². The fraction of sp³-hybridized carbons (Fsp3) is 0.188. The molecule has 4 nitrogen and oxygen atoms in total. The van der Waals surface area contributed by atoms with Crippen molar-refractivity contribution in [3.8, 4) is 17.2 Å². The number of carbonyl (C=O) groups is 1. The van der Waals surface area contributed by atoms with Gasteiger partial charge in [0.25, 0.3) is 0 Å². The number of hydrogen-bond donors (Lipinski definition) is 1. The number of carboxylic acids is 1. The first kappa shape index (κ1) is 13.9. The highest BCUT2D eigenvalue weighted by Crippen LogP contribution is 2.34. The summed E-state index contributed by atoms with van der Waals surface area (Å²) in [6.07, 6.45) is 0. The Morgan fingerprint density at radius 1 is 1.10 bits per heavy atom. The zero-order chi connectivity index (χ0) is 14.5. The lowest BCUT2D eigenvalue weighted by atomic mass is 10.0. The van der Waals surface area contributed by atoms with E-state index in [4.69, 9.17) is 14.6 Å². The number of methoxy groups -OCH3 is 1. The molecule has 0 aliphatic heterocycles. The van der Waals surface area contributed by atoms with Crippen LogP contribution >= 0.6 is 0 Å². The molecule has 0 aromatic heterocycles. The van der Waals surface area contributed by atoms with Crippen LogP contribution in [-0.2, 0) is 4.79 Å². The molecule has 0 aliphatic carbocycles. The second kappa shape index (κ2) is 6.10. The lowest BCUT2D eigenvalue weighted by Crippen LogP contribution is -2.07. The van der Waals surface area contributed by atoms with Gasteiger partial charge in [0, 0.05) is 0 Å². The van der Waals surface area contributed by atoms with E-state index in [0.29, 0.717) is 22.8 Å². The summed E-state index contributed by atoms with van der Waals surface area (Å²) in [5, 5.41) is 9.03. The van der Waals surface area contributed by atoms with Gasteiger partial charge in [-0.25, -0.2) is 0 Å². The van der Waals surface area contributed by atoms with Crippen LogP contribution in [0.15, 0.2) is 48.5 Å². The van der Waals surface area contributed by atoms with Crippen molar-refractivity contribution in [1.29, 1.82) is 0 Å². The molecule has 0 amide bonds. The Morgan fingerprint density at radius 3 is 2.40 bits per heavy atom. The third kappa shape index (κ3) is 3.09. The zero-order valence-electron chi connectivity index (χ0n) is 11.4. The number of hydrogen-bond acceptors (Lipinski definition) is 3. The Bertz CT molecular complexity index is 593. The van der Waals surface area contributed by atoms with E-state index in [-0.39, 0.29) is 0 Å². The first-order valence-electron chi connectivity index (χ1n) is 6.25. The maximum absolute atomic E-state index is 11.0. The monoisotopic (exact) mass is 272 g/mol. The molecule has 2 aromatic rings. The Hall–Kier alpha value is -2.49. The first-order valence-corrected chi connectivity index (χ1v) is 6.25. The smallest absolute Gasteiger partial charge is 0.310 e. The number of carboxylic acid groups (broad SMARTS) is 1. The van der Waals surface area contributed by atoms with E-state index in [1.165, 1.54) is 7.11 Å². The van der Waals surface area contributed by atoms with Crippen molar-refractivity contribution in [2.75, 3.05) is 7.11 Å². The summed E-state index contributed by atoms with van der Waals surface area (Å²) >= 11 is 0. The van der Waals surface area contributed by atoms with E-state index in [2.05, 4.69) is 0 Å². The summed E-state index contributed by atoms with van der Waals surface area (Å²) in [5.74, 6) is 0.308. The summed E-state index contributed by atoms with van der Waals surface area (Å²) in [4.78, 5) is 11.0. The van der Waals surface area contributed by atoms with Crippen LogP contribution in [0, 0.1) is 0 Å². The lowest BCUT2D eigenvalue weighted by Gasteiger charge is -2.13. The van der Waals surface area contributed by atoms with Gasteiger partial charge in [-0.15, -0.1) is 0 Å². The van der Waals surface area contributed by atoms with Crippen LogP contribution in [-0.4, -0.2) is 18.2 Å². The molecular weight excluding hydrogens is 256 g/mol. The van der Waals surface area contributed by atoms with Gasteiger partial charge in [-0.2, -0.15) is 0 Å². The minimum Gasteiger partial charge on any atom is -0.493 e. The Kier molecular flexibility index (Phi) is 4.25. The van der Waals surface area contributed by atoms with Gasteiger partial charge >= 0.3 is 5.97 Å². The number of ether oxygens (including phenoxy) is 2. The highest BCUT2D eigenvalue weighted by molar-refractivity contribution is 5.76. The summed E-state index contributed by atoms with van der Waals surface area (Å²) in [5.41, 5.74) is 0.676. The van der Waals surface area contributed by atoms with Crippen molar-refractivity contribution in [2.45, 2.75) is 12.8 Å². The molecule has 0 bridgehead atoms. The van der Waals surface area contributed by atoms with Gasteiger partial charge in [0.1, 0.15) is 5.75 Å². The van der Waals surface area contributed by atoms with Crippen molar-refractivity contribution in [2.24, 2.45) is 0 Å². The molecule has 1 atom stereocenters. The van der Waals surface area contributed by atoms with E-state index in [1.54, 1.807) is 25.1 Å². The molecule has 104 valence electrons. The number of rotatable bonds is 5. The second-order valence-corrected chi connectivity index (χ2v) is 4.39. The van der Waals surface area contributed by atoms with Crippen molar-refractivity contribution in [1.82, 2.24) is 0 Å². The molecular formula is C16H16O4. The van der Waals surface area contributed by atoms with Gasteiger partial charge in [0.05, 0.1) is 13.0 Å². The van der Waals surface area contributed by atoms with Crippen LogP contribution in [0.5, 0.6) is 17.2 Å². The summed E-state index contributed by atoms with van der Waals surface area (Å²) < 4.78 is 11.0. The normalized spacial score (nSPS) is 11.7. The maximum Gasteiger partial charge on any atom is 0.310 e. The largest absolute Gasteiger partial charge is 0.493 e. The Labute approximate surface area is 117 Å². The van der Waals surface area contributed by atoms with Gasteiger partial charge in [-0.1, -0.05) is 24.3 Å². The molecule has 2 rings (SSSR count). The van der Waals surface area contributed by atoms with Crippen molar-refractivity contribution in [3.63, 3.8) is 0 Å². The molecule has 0 saturated carbocycles. The predicted molar refractivity (Wildman–Crippen MR) is 75.6 cm³/mol. The van der Waals surface area contributed by atoms with Crippen LogP contribution in [0.2, 0.25) is 0 Å². The van der Waals surface area contributed by atoms with Gasteiger partial charge in [-0.05, 0) is 36.8 Å². The molecule has 0 spiro atoms. The topological polar surface area (TPSA) is 55.8 Å². The van der Waals surface area contributed by atoms with Gasteiger partial charge in [0.15, 0.2) is 11.5 Å². The fourth-order valence-electron chi connectivity index (χ4n) is 1.80. The minimum atomic E-state index is -0.871. The van der Waals surface area contributed by atoms with Crippen LogP contribution in [0.1, 0.15) is 18.4 Å². The average molecular weight is 272 g/mol. The molecule has 0 saturated heterocycles. The van der Waals surface area contributed by atoms with Crippen LogP contribution < -0.4 is 9.47 Å². The van der Waals surface area contributed by atoms with Gasteiger partial charge in [0.2, 0.25) is 0 Å². The van der Waals surface area contributed by atoms with Crippen LogP contribution in [0.25, 0.3) is 0 Å². The molecule has 4 heteroatoms. The first-order chi connectivity index (χ1) is 9.61. The SMILES string of the molecule is COc1cc(C(C)C(=O)O)ccc1Oc1ccccc1. The number of aliphatic carboxylic acids is 1. The zero-order valence-corrected chi connectivity index (χ0v) is 11.4. The molecule has 1 unspecified atom stereocenters. The maximum atomic E-state index is 11.0. The third-order valence-electron chi connectivity index (χ3n) is 3.03. The molecule has 0 fully saturated rings. The van der Waals surface area contributed by atoms with Crippen molar-refractivity contribution < 1.29 is 19.4 Å². The molecule has 1 N–H and O–H groups in total. The predicted octanol–water partition coefficient (Wildman–Crippen LogP) is 3.68. The summed E-state index contributed by atoms with van der Waals surface area (Å²) in [6, 6.07) is 14.5. The molecule has 20 heavy (non-hydrogen) atoms. The number of benzene rings is 2. The van der Waals surface area contributed by atoms with Crippen LogP contribution in [0.4, 0.5) is 0 Å². The van der Waals surface area contributed by atoms with E-state index in [1.807, 2.05) is 30.3 Å². The average Bonchev–Trinajstić information content (AvgIpc) is 2.48. The third-order valence-corrected chi connectivity index (χ3v) is 3.03. The fourth-order valence-corrected chi connectivity index (χ4v) is 1.80. The minimum absolute atomic E-state index is 0.513. The van der Waals surface area contributed by atoms with Crippen LogP contribution in [0.3, 0.4) is 0 Å². The Balaban J connectivity index is 2.29. The summed E-state index contributed by atoms with van der Waals surface area (Å²) in [6.45, 7) is 1.63. The van der Waals surface area contributed by atoms with Gasteiger partial charge in [-0.3, -0.25) is 4.79 Å². The molecule has 0 heterocycles. The highest BCUT2D eigenvalue weighted by Gasteiger charge is 2.16.